The van der Waals surface area contributed by atoms with Crippen LogP contribution in [0.25, 0.3) is 22.3 Å². The summed E-state index contributed by atoms with van der Waals surface area (Å²) in [6.07, 6.45) is -1.17. The van der Waals surface area contributed by atoms with Crippen molar-refractivity contribution in [2.75, 3.05) is 18.8 Å². The van der Waals surface area contributed by atoms with Crippen LogP contribution in [0, 0.1) is 0 Å². The lowest BCUT2D eigenvalue weighted by Crippen LogP contribution is -2.32. The molecule has 1 atom stereocenters. The predicted octanol–water partition coefficient (Wildman–Crippen LogP) is 3.44. The first-order chi connectivity index (χ1) is 12.4. The van der Waals surface area contributed by atoms with Crippen LogP contribution in [0.1, 0.15) is 24.4 Å². The molecule has 3 N–H and O–H groups in total. The summed E-state index contributed by atoms with van der Waals surface area (Å²) >= 11 is 0. The summed E-state index contributed by atoms with van der Waals surface area (Å²) in [5.74, 6) is 0.206. The Morgan fingerprint density at radius 2 is 2.04 bits per heavy atom. The number of benzene rings is 1. The summed E-state index contributed by atoms with van der Waals surface area (Å²) in [6, 6.07) is 5.14. The maximum Gasteiger partial charge on any atom is 0.416 e. The smallest absolute Gasteiger partial charge is 0.383 e. The highest BCUT2D eigenvalue weighted by molar-refractivity contribution is 5.98. The van der Waals surface area contributed by atoms with Gasteiger partial charge in [0.15, 0.2) is 5.65 Å². The van der Waals surface area contributed by atoms with Crippen molar-refractivity contribution >= 4 is 29.3 Å². The number of rotatable bonds is 2. The van der Waals surface area contributed by atoms with Crippen LogP contribution in [0.2, 0.25) is 0 Å². The summed E-state index contributed by atoms with van der Waals surface area (Å²) in [5.41, 5.74) is 6.54. The highest BCUT2D eigenvalue weighted by Gasteiger charge is 2.31. The molecule has 4 rings (SSSR count). The minimum absolute atomic E-state index is 0. The lowest BCUT2D eigenvalue weighted by atomic mass is 10.1. The number of nitrogens with zero attached hydrogens (tertiary/aromatic N) is 4. The molecular formula is C17H18ClF3N6. The molecule has 0 radical (unpaired) electrons. The maximum atomic E-state index is 13.1. The Morgan fingerprint density at radius 1 is 1.22 bits per heavy atom. The number of fused-ring (bicyclic) bond motifs is 1. The third-order valence-corrected chi connectivity index (χ3v) is 4.60. The van der Waals surface area contributed by atoms with Gasteiger partial charge in [0, 0.05) is 12.1 Å². The molecule has 1 aromatic carbocycles. The van der Waals surface area contributed by atoms with E-state index in [0.29, 0.717) is 22.3 Å². The lowest BCUT2D eigenvalue weighted by molar-refractivity contribution is -0.137. The van der Waals surface area contributed by atoms with Gasteiger partial charge in [0.2, 0.25) is 0 Å². The average molecular weight is 399 g/mol. The van der Waals surface area contributed by atoms with Crippen LogP contribution < -0.4 is 11.1 Å². The van der Waals surface area contributed by atoms with E-state index in [1.807, 2.05) is 0 Å². The zero-order chi connectivity index (χ0) is 18.3. The average Bonchev–Trinajstić information content (AvgIpc) is 3.03. The van der Waals surface area contributed by atoms with Crippen LogP contribution in [0.15, 0.2) is 30.6 Å². The van der Waals surface area contributed by atoms with E-state index in [1.165, 1.54) is 12.4 Å². The van der Waals surface area contributed by atoms with Crippen LogP contribution in [-0.4, -0.2) is 32.8 Å². The molecule has 3 heterocycles. The number of alkyl halides is 3. The second-order valence-electron chi connectivity index (χ2n) is 6.33. The third-order valence-electron chi connectivity index (χ3n) is 4.60. The Labute approximate surface area is 159 Å². The van der Waals surface area contributed by atoms with Crippen molar-refractivity contribution in [3.8, 4) is 11.3 Å². The number of nitrogens with two attached hydrogens (primary N) is 1. The minimum Gasteiger partial charge on any atom is -0.383 e. The van der Waals surface area contributed by atoms with Gasteiger partial charge >= 0.3 is 6.18 Å². The fourth-order valence-corrected chi connectivity index (χ4v) is 3.34. The number of piperidine rings is 1. The van der Waals surface area contributed by atoms with Gasteiger partial charge in [-0.15, -0.1) is 12.4 Å². The number of hydrogen-bond acceptors (Lipinski definition) is 5. The zero-order valence-corrected chi connectivity index (χ0v) is 15.0. The van der Waals surface area contributed by atoms with Crippen molar-refractivity contribution in [1.29, 1.82) is 0 Å². The SMILES string of the molecule is Cl.Nc1ncnc2c1c(-c1cccc(C(F)(F)F)c1)nn2[C@@H]1CCCNC1. The Kier molecular flexibility index (Phi) is 5.25. The first-order valence-electron chi connectivity index (χ1n) is 8.32. The molecule has 1 saturated heterocycles. The molecule has 6 nitrogen and oxygen atoms in total. The van der Waals surface area contributed by atoms with E-state index in [2.05, 4.69) is 20.4 Å². The van der Waals surface area contributed by atoms with Crippen molar-refractivity contribution in [2.24, 2.45) is 0 Å². The van der Waals surface area contributed by atoms with Crippen molar-refractivity contribution in [1.82, 2.24) is 25.1 Å². The van der Waals surface area contributed by atoms with Crippen molar-refractivity contribution in [2.45, 2.75) is 25.1 Å². The first kappa shape index (κ1) is 19.4. The normalized spacial score (nSPS) is 17.7. The number of hydrogen-bond donors (Lipinski definition) is 2. The van der Waals surface area contributed by atoms with Crippen molar-refractivity contribution in [3.05, 3.63) is 36.2 Å². The third kappa shape index (κ3) is 3.57. The summed E-state index contributed by atoms with van der Waals surface area (Å²) in [6.45, 7) is 1.66. The Morgan fingerprint density at radius 3 is 2.74 bits per heavy atom. The van der Waals surface area contributed by atoms with Gasteiger partial charge in [0.1, 0.15) is 17.8 Å². The van der Waals surface area contributed by atoms with E-state index in [4.69, 9.17) is 5.73 Å². The molecule has 0 saturated carbocycles. The molecule has 0 aliphatic carbocycles. The molecule has 0 spiro atoms. The highest BCUT2D eigenvalue weighted by atomic mass is 35.5. The molecule has 0 bridgehead atoms. The molecule has 1 fully saturated rings. The largest absolute Gasteiger partial charge is 0.416 e. The highest BCUT2D eigenvalue weighted by Crippen LogP contribution is 2.36. The molecular weight excluding hydrogens is 381 g/mol. The number of aromatic nitrogens is 4. The molecule has 10 heteroatoms. The Bertz CT molecular complexity index is 949. The lowest BCUT2D eigenvalue weighted by Gasteiger charge is -2.23. The van der Waals surface area contributed by atoms with Gasteiger partial charge in [-0.05, 0) is 31.5 Å². The predicted molar refractivity (Wildman–Crippen MR) is 98.6 cm³/mol. The minimum atomic E-state index is -4.43. The fraction of sp³-hybridized carbons (Fsp3) is 0.353. The van der Waals surface area contributed by atoms with Crippen LogP contribution >= 0.6 is 12.4 Å². The number of nitrogens with one attached hydrogen (secondary N) is 1. The standard InChI is InChI=1S/C17H17F3N6.ClH/c18-17(19,20)11-4-1-3-10(7-11)14-13-15(21)23-9-24-16(13)26(25-14)12-5-2-6-22-8-12;/h1,3-4,7,9,12,22H,2,5-6,8H2,(H2,21,23,24);1H/t12-;/m1./s1. The van der Waals surface area contributed by atoms with Gasteiger partial charge in [0.05, 0.1) is 17.0 Å². The van der Waals surface area contributed by atoms with E-state index in [1.54, 1.807) is 10.7 Å². The van der Waals surface area contributed by atoms with Gasteiger partial charge in [-0.3, -0.25) is 0 Å². The van der Waals surface area contributed by atoms with Crippen LogP contribution in [0.5, 0.6) is 0 Å². The van der Waals surface area contributed by atoms with Gasteiger partial charge in [-0.2, -0.15) is 18.3 Å². The summed E-state index contributed by atoms with van der Waals surface area (Å²) in [7, 11) is 0. The van der Waals surface area contributed by atoms with Crippen molar-refractivity contribution in [3.63, 3.8) is 0 Å². The zero-order valence-electron chi connectivity index (χ0n) is 14.2. The van der Waals surface area contributed by atoms with Gasteiger partial charge in [0.25, 0.3) is 0 Å². The summed E-state index contributed by atoms with van der Waals surface area (Å²) in [4.78, 5) is 8.29. The quantitative estimate of drug-likeness (QED) is 0.691. The van der Waals surface area contributed by atoms with E-state index in [-0.39, 0.29) is 24.3 Å². The maximum absolute atomic E-state index is 13.1. The number of anilines is 1. The molecule has 0 amide bonds. The number of nitrogen functional groups attached to an aromatic ring is 1. The van der Waals surface area contributed by atoms with Crippen LogP contribution in [0.4, 0.5) is 19.0 Å². The molecule has 3 aromatic rings. The van der Waals surface area contributed by atoms with E-state index in [0.717, 1.165) is 38.1 Å². The van der Waals surface area contributed by atoms with Crippen LogP contribution in [0.3, 0.4) is 0 Å². The van der Waals surface area contributed by atoms with Crippen molar-refractivity contribution < 1.29 is 13.2 Å². The van der Waals surface area contributed by atoms with E-state index >= 15 is 0 Å². The molecule has 1 aliphatic heterocycles. The number of halogens is 4. The van der Waals surface area contributed by atoms with E-state index < -0.39 is 11.7 Å². The Hall–Kier alpha value is -2.39. The van der Waals surface area contributed by atoms with Gasteiger partial charge in [-0.25, -0.2) is 14.6 Å². The first-order valence-corrected chi connectivity index (χ1v) is 8.32. The van der Waals surface area contributed by atoms with E-state index in [9.17, 15) is 13.2 Å². The van der Waals surface area contributed by atoms with Gasteiger partial charge < -0.3 is 11.1 Å². The summed E-state index contributed by atoms with van der Waals surface area (Å²) in [5, 5.41) is 8.38. The monoisotopic (exact) mass is 398 g/mol. The Balaban J connectivity index is 0.00000210. The molecule has 144 valence electrons. The summed E-state index contributed by atoms with van der Waals surface area (Å²) < 4.78 is 41.0. The fourth-order valence-electron chi connectivity index (χ4n) is 3.34. The molecule has 2 aromatic heterocycles. The second kappa shape index (κ2) is 7.32. The van der Waals surface area contributed by atoms with Crippen LogP contribution in [-0.2, 0) is 6.18 Å². The molecule has 27 heavy (non-hydrogen) atoms. The second-order valence-corrected chi connectivity index (χ2v) is 6.33. The van der Waals surface area contributed by atoms with Gasteiger partial charge in [-0.1, -0.05) is 12.1 Å². The molecule has 0 unspecified atom stereocenters. The molecule has 1 aliphatic rings. The topological polar surface area (TPSA) is 81.7 Å².